The molecule has 2 fully saturated rings. The molecule has 2 heterocycles. The van der Waals surface area contributed by atoms with E-state index in [9.17, 15) is 18.0 Å². The van der Waals surface area contributed by atoms with Crippen LogP contribution in [0.1, 0.15) is 46.0 Å². The average Bonchev–Trinajstić information content (AvgIpc) is 3.06. The lowest BCUT2D eigenvalue weighted by atomic mass is 9.95. The molecule has 0 aromatic heterocycles. The summed E-state index contributed by atoms with van der Waals surface area (Å²) in [6, 6.07) is -0.474. The summed E-state index contributed by atoms with van der Waals surface area (Å²) < 4.78 is 24.6. The van der Waals surface area contributed by atoms with Crippen molar-refractivity contribution in [2.24, 2.45) is 11.8 Å². The Hall–Kier alpha value is -1.15. The van der Waals surface area contributed by atoms with Crippen molar-refractivity contribution in [1.29, 1.82) is 0 Å². The molecule has 2 saturated heterocycles. The van der Waals surface area contributed by atoms with E-state index < -0.39 is 16.1 Å². The topological polar surface area (TPSA) is 86.8 Å². The zero-order chi connectivity index (χ0) is 18.6. The summed E-state index contributed by atoms with van der Waals surface area (Å²) in [5.74, 6) is -0.0116. The number of likely N-dealkylation sites (tertiary alicyclic amines) is 1. The van der Waals surface area contributed by atoms with Crippen molar-refractivity contribution in [2.75, 3.05) is 32.4 Å². The van der Waals surface area contributed by atoms with Crippen LogP contribution >= 0.6 is 0 Å². The molecule has 144 valence electrons. The largest absolute Gasteiger partial charge is 0.344 e. The van der Waals surface area contributed by atoms with E-state index >= 15 is 0 Å². The Morgan fingerprint density at radius 1 is 1.08 bits per heavy atom. The van der Waals surface area contributed by atoms with Crippen LogP contribution < -0.4 is 5.32 Å². The van der Waals surface area contributed by atoms with Crippen molar-refractivity contribution >= 4 is 21.8 Å². The van der Waals surface area contributed by atoms with Crippen LogP contribution in [0, 0.1) is 11.8 Å². The molecule has 0 spiro atoms. The summed E-state index contributed by atoms with van der Waals surface area (Å²) in [5.41, 5.74) is 0. The van der Waals surface area contributed by atoms with Crippen molar-refractivity contribution < 1.29 is 18.0 Å². The van der Waals surface area contributed by atoms with Crippen molar-refractivity contribution in [1.82, 2.24) is 14.5 Å². The highest BCUT2D eigenvalue weighted by molar-refractivity contribution is 7.88. The molecule has 0 aromatic carbocycles. The van der Waals surface area contributed by atoms with E-state index in [-0.39, 0.29) is 17.7 Å². The van der Waals surface area contributed by atoms with E-state index in [1.54, 1.807) is 0 Å². The van der Waals surface area contributed by atoms with Gasteiger partial charge in [0.1, 0.15) is 6.04 Å². The smallest absolute Gasteiger partial charge is 0.245 e. The van der Waals surface area contributed by atoms with Gasteiger partial charge in [0.2, 0.25) is 21.8 Å². The highest BCUT2D eigenvalue weighted by Crippen LogP contribution is 2.20. The summed E-state index contributed by atoms with van der Waals surface area (Å²) in [7, 11) is -3.20. The molecule has 25 heavy (non-hydrogen) atoms. The lowest BCUT2D eigenvalue weighted by Crippen LogP contribution is -2.51. The van der Waals surface area contributed by atoms with E-state index in [2.05, 4.69) is 5.32 Å². The molecule has 2 aliphatic heterocycles. The maximum atomic E-state index is 12.7. The van der Waals surface area contributed by atoms with Gasteiger partial charge in [0, 0.05) is 32.1 Å². The first-order valence-corrected chi connectivity index (χ1v) is 11.1. The van der Waals surface area contributed by atoms with Crippen LogP contribution in [0.25, 0.3) is 0 Å². The Morgan fingerprint density at radius 2 is 1.64 bits per heavy atom. The summed E-state index contributed by atoms with van der Waals surface area (Å²) in [6.45, 7) is 6.37. The molecule has 1 atom stereocenters. The van der Waals surface area contributed by atoms with Crippen LogP contribution in [0.2, 0.25) is 0 Å². The van der Waals surface area contributed by atoms with Crippen LogP contribution in [0.3, 0.4) is 0 Å². The van der Waals surface area contributed by atoms with Gasteiger partial charge in [-0.15, -0.1) is 0 Å². The summed E-state index contributed by atoms with van der Waals surface area (Å²) >= 11 is 0. The molecule has 7 nitrogen and oxygen atoms in total. The minimum atomic E-state index is -3.20. The number of nitrogens with one attached hydrogen (secondary N) is 1. The van der Waals surface area contributed by atoms with Crippen LogP contribution in [0.15, 0.2) is 0 Å². The number of sulfonamides is 1. The summed E-state index contributed by atoms with van der Waals surface area (Å²) in [6.07, 6.45) is 4.89. The van der Waals surface area contributed by atoms with Crippen LogP contribution in [0.4, 0.5) is 0 Å². The number of hydrogen-bond donors (Lipinski definition) is 1. The Morgan fingerprint density at radius 3 is 2.12 bits per heavy atom. The van der Waals surface area contributed by atoms with Crippen molar-refractivity contribution in [2.45, 2.75) is 52.0 Å². The molecule has 8 heteroatoms. The van der Waals surface area contributed by atoms with Gasteiger partial charge in [-0.1, -0.05) is 13.8 Å². The first-order chi connectivity index (χ1) is 11.7. The van der Waals surface area contributed by atoms with Gasteiger partial charge in [0.25, 0.3) is 0 Å². The predicted molar refractivity (Wildman–Crippen MR) is 96.3 cm³/mol. The van der Waals surface area contributed by atoms with Crippen molar-refractivity contribution in [3.63, 3.8) is 0 Å². The Balaban J connectivity index is 1.94. The highest BCUT2D eigenvalue weighted by Gasteiger charge is 2.33. The van der Waals surface area contributed by atoms with Crippen LogP contribution in [-0.4, -0.2) is 67.9 Å². The minimum Gasteiger partial charge on any atom is -0.344 e. The molecule has 0 aromatic rings. The number of carbonyl (C=O) groups is 2. The number of carbonyl (C=O) groups excluding carboxylic acids is 2. The van der Waals surface area contributed by atoms with Gasteiger partial charge >= 0.3 is 0 Å². The molecule has 0 radical (unpaired) electrons. The zero-order valence-corrected chi connectivity index (χ0v) is 16.3. The molecule has 2 aliphatic rings. The number of amides is 2. The zero-order valence-electron chi connectivity index (χ0n) is 15.5. The van der Waals surface area contributed by atoms with Crippen molar-refractivity contribution in [3.05, 3.63) is 0 Å². The molecule has 0 unspecified atom stereocenters. The molecule has 0 bridgehead atoms. The standard InChI is InChI=1S/C17H31N3O4S/c1-13(2)12-15(17(22)19-8-4-5-9-19)18-16(21)14-6-10-20(11-7-14)25(3,23)24/h13-15H,4-12H2,1-3H3,(H,18,21)/t15-/m1/s1. The van der Waals surface area contributed by atoms with Crippen LogP contribution in [-0.2, 0) is 19.6 Å². The number of rotatable bonds is 6. The van der Waals surface area contributed by atoms with E-state index in [0.717, 1.165) is 25.9 Å². The fourth-order valence-electron chi connectivity index (χ4n) is 3.59. The molecule has 2 amide bonds. The molecule has 1 N–H and O–H groups in total. The first-order valence-electron chi connectivity index (χ1n) is 9.22. The second kappa shape index (κ2) is 8.49. The minimum absolute atomic E-state index is 0.0214. The second-order valence-electron chi connectivity index (χ2n) is 7.66. The third-order valence-electron chi connectivity index (χ3n) is 5.03. The van der Waals surface area contributed by atoms with E-state index in [1.165, 1.54) is 10.6 Å². The van der Waals surface area contributed by atoms with Gasteiger partial charge < -0.3 is 10.2 Å². The summed E-state index contributed by atoms with van der Waals surface area (Å²) in [4.78, 5) is 27.2. The molecule has 0 saturated carbocycles. The Kier molecular flexibility index (Phi) is 6.85. The fraction of sp³-hybridized carbons (Fsp3) is 0.882. The molecule has 2 rings (SSSR count). The number of hydrogen-bond acceptors (Lipinski definition) is 4. The first kappa shape index (κ1) is 20.2. The van der Waals surface area contributed by atoms with Crippen LogP contribution in [0.5, 0.6) is 0 Å². The van der Waals surface area contributed by atoms with Gasteiger partial charge in [-0.05, 0) is 38.0 Å². The lowest BCUT2D eigenvalue weighted by Gasteiger charge is -2.31. The predicted octanol–water partition coefficient (Wildman–Crippen LogP) is 0.811. The Labute approximate surface area is 151 Å². The van der Waals surface area contributed by atoms with Gasteiger partial charge in [0.05, 0.1) is 6.26 Å². The third kappa shape index (κ3) is 5.67. The molecular formula is C17H31N3O4S. The van der Waals surface area contributed by atoms with Gasteiger partial charge in [-0.3, -0.25) is 9.59 Å². The molecular weight excluding hydrogens is 342 g/mol. The number of piperidine rings is 1. The fourth-order valence-corrected chi connectivity index (χ4v) is 4.46. The Bertz CT molecular complexity index is 577. The van der Waals surface area contributed by atoms with E-state index in [0.29, 0.717) is 38.3 Å². The maximum Gasteiger partial charge on any atom is 0.245 e. The maximum absolute atomic E-state index is 12.7. The van der Waals surface area contributed by atoms with Crippen molar-refractivity contribution in [3.8, 4) is 0 Å². The van der Waals surface area contributed by atoms with Gasteiger partial charge in [-0.25, -0.2) is 12.7 Å². The monoisotopic (exact) mass is 373 g/mol. The van der Waals surface area contributed by atoms with Gasteiger partial charge in [0.15, 0.2) is 0 Å². The highest BCUT2D eigenvalue weighted by atomic mass is 32.2. The SMILES string of the molecule is CC(C)C[C@@H](NC(=O)C1CCN(S(C)(=O)=O)CC1)C(=O)N1CCCC1. The third-order valence-corrected chi connectivity index (χ3v) is 6.34. The van der Waals surface area contributed by atoms with Gasteiger partial charge in [-0.2, -0.15) is 0 Å². The van der Waals surface area contributed by atoms with E-state index in [4.69, 9.17) is 0 Å². The molecule has 0 aliphatic carbocycles. The van der Waals surface area contributed by atoms with E-state index in [1.807, 2.05) is 18.7 Å². The summed E-state index contributed by atoms with van der Waals surface area (Å²) in [5, 5.41) is 2.95. The quantitative estimate of drug-likeness (QED) is 0.746. The second-order valence-corrected chi connectivity index (χ2v) is 9.64. The normalized spacial score (nSPS) is 21.5. The number of nitrogens with zero attached hydrogens (tertiary/aromatic N) is 2. The lowest BCUT2D eigenvalue weighted by molar-refractivity contribution is -0.137. The average molecular weight is 374 g/mol.